The second-order valence-electron chi connectivity index (χ2n) is 6.58. The van der Waals surface area contributed by atoms with E-state index in [9.17, 15) is 8.42 Å². The van der Waals surface area contributed by atoms with Gasteiger partial charge in [0, 0.05) is 32.3 Å². The highest BCUT2D eigenvalue weighted by Crippen LogP contribution is 2.44. The zero-order chi connectivity index (χ0) is 20.6. The van der Waals surface area contributed by atoms with E-state index in [2.05, 4.69) is 41.9 Å². The molecule has 2 atom stereocenters. The first-order valence-corrected chi connectivity index (χ1v) is 12.6. The summed E-state index contributed by atoms with van der Waals surface area (Å²) in [6.45, 7) is 0. The molecule has 2 aromatic heterocycles. The van der Waals surface area contributed by atoms with Gasteiger partial charge in [0.15, 0.2) is 5.11 Å². The summed E-state index contributed by atoms with van der Waals surface area (Å²) in [5, 5.41) is 6.05. The number of anilines is 2. The minimum Gasteiger partial charge on any atom is -0.351 e. The minimum atomic E-state index is -3.33. The third-order valence-corrected chi connectivity index (χ3v) is 7.11. The van der Waals surface area contributed by atoms with Gasteiger partial charge in [-0.05, 0) is 70.6 Å². The number of thiocarbonyl (C=S) groups is 1. The summed E-state index contributed by atoms with van der Waals surface area (Å²) in [5.41, 5.74) is 2.28. The number of nitrogens with zero attached hydrogens (tertiary/aromatic N) is 2. The fourth-order valence-corrected chi connectivity index (χ4v) is 5.79. The van der Waals surface area contributed by atoms with Crippen molar-refractivity contribution >= 4 is 66.0 Å². The fraction of sp³-hybridized carbons (Fsp3) is 0.158. The highest BCUT2D eigenvalue weighted by molar-refractivity contribution is 9.10. The number of thiophene rings is 1. The average molecular weight is 509 g/mol. The Labute approximate surface area is 187 Å². The van der Waals surface area contributed by atoms with Crippen LogP contribution in [0.2, 0.25) is 0 Å². The van der Waals surface area contributed by atoms with Crippen molar-refractivity contribution in [2.24, 2.45) is 0 Å². The first-order valence-electron chi connectivity index (χ1n) is 8.64. The van der Waals surface area contributed by atoms with Crippen LogP contribution in [0.5, 0.6) is 0 Å². The molecule has 1 aliphatic rings. The number of hydrogen-bond donors (Lipinski definition) is 2. The normalized spacial score (nSPS) is 19.2. The van der Waals surface area contributed by atoms with E-state index in [0.29, 0.717) is 10.8 Å². The topological polar surface area (TPSA) is 74.3 Å². The molecule has 3 heterocycles. The molecule has 1 aliphatic heterocycles. The molecular formula is C19H17BrN4O2S3. The Morgan fingerprint density at radius 1 is 1.24 bits per heavy atom. The summed E-state index contributed by atoms with van der Waals surface area (Å²) >= 11 is 10.9. The third kappa shape index (κ3) is 4.45. The molecule has 1 saturated heterocycles. The number of sulfonamides is 1. The maximum absolute atomic E-state index is 11.5. The number of benzene rings is 1. The predicted octanol–water partition coefficient (Wildman–Crippen LogP) is 4.45. The highest BCUT2D eigenvalue weighted by Gasteiger charge is 2.41. The van der Waals surface area contributed by atoms with Gasteiger partial charge < -0.3 is 10.2 Å². The number of hydrogen-bond acceptors (Lipinski definition) is 5. The summed E-state index contributed by atoms with van der Waals surface area (Å²) < 4.78 is 26.4. The quantitative estimate of drug-likeness (QED) is 0.495. The molecule has 0 saturated carbocycles. The van der Waals surface area contributed by atoms with E-state index >= 15 is 0 Å². The number of aromatic nitrogens is 1. The van der Waals surface area contributed by atoms with E-state index in [-0.39, 0.29) is 12.1 Å². The lowest BCUT2D eigenvalue weighted by Crippen LogP contribution is -2.29. The standard InChI is InChI=1S/C19H17BrN4O2S3/c1-29(25,26)23-13-5-7-14(8-6-13)24-18(16-10-12(20)11-28-16)17(22-19(24)27)15-4-2-3-9-21-15/h2-11,17-18,23H,1H3,(H,22,27)/t17-,18-/m1/s1. The lowest BCUT2D eigenvalue weighted by Gasteiger charge is -2.27. The van der Waals surface area contributed by atoms with Gasteiger partial charge in [-0.15, -0.1) is 11.3 Å². The Balaban J connectivity index is 1.73. The van der Waals surface area contributed by atoms with Crippen LogP contribution >= 0.6 is 39.5 Å². The summed E-state index contributed by atoms with van der Waals surface area (Å²) in [5.74, 6) is 0. The third-order valence-electron chi connectivity index (χ3n) is 4.43. The fourth-order valence-electron chi connectivity index (χ4n) is 3.31. The van der Waals surface area contributed by atoms with Gasteiger partial charge in [0.05, 0.1) is 24.0 Å². The molecular weight excluding hydrogens is 492 g/mol. The van der Waals surface area contributed by atoms with Crippen LogP contribution in [0.4, 0.5) is 11.4 Å². The summed E-state index contributed by atoms with van der Waals surface area (Å²) in [4.78, 5) is 7.72. The van der Waals surface area contributed by atoms with Gasteiger partial charge in [-0.1, -0.05) is 6.07 Å². The van der Waals surface area contributed by atoms with Crippen LogP contribution in [-0.2, 0) is 10.0 Å². The maximum Gasteiger partial charge on any atom is 0.229 e. The number of rotatable bonds is 5. The van der Waals surface area contributed by atoms with E-state index in [0.717, 1.165) is 27.0 Å². The molecule has 0 aliphatic carbocycles. The van der Waals surface area contributed by atoms with Gasteiger partial charge in [0.1, 0.15) is 0 Å². The molecule has 1 aromatic carbocycles. The van der Waals surface area contributed by atoms with Crippen molar-refractivity contribution in [2.45, 2.75) is 12.1 Å². The van der Waals surface area contributed by atoms with E-state index in [1.807, 2.05) is 35.7 Å². The highest BCUT2D eigenvalue weighted by atomic mass is 79.9. The van der Waals surface area contributed by atoms with Crippen molar-refractivity contribution in [2.75, 3.05) is 15.9 Å². The SMILES string of the molecule is CS(=O)(=O)Nc1ccc(N2C(=S)N[C@H](c3ccccn3)[C@H]2c2cc(Br)cs2)cc1. The molecule has 0 amide bonds. The lowest BCUT2D eigenvalue weighted by molar-refractivity contribution is 0.575. The van der Waals surface area contributed by atoms with E-state index in [1.165, 1.54) is 0 Å². The molecule has 150 valence electrons. The van der Waals surface area contributed by atoms with Crippen LogP contribution in [0.15, 0.2) is 64.6 Å². The molecule has 4 rings (SSSR count). The molecule has 10 heteroatoms. The van der Waals surface area contributed by atoms with Gasteiger partial charge in [0.2, 0.25) is 10.0 Å². The van der Waals surface area contributed by atoms with Crippen LogP contribution in [-0.4, -0.2) is 24.8 Å². The summed E-state index contributed by atoms with van der Waals surface area (Å²) in [6, 6.07) is 14.9. The molecule has 0 unspecified atom stereocenters. The minimum absolute atomic E-state index is 0.0811. The first kappa shape index (κ1) is 20.3. The molecule has 0 spiro atoms. The van der Waals surface area contributed by atoms with Crippen LogP contribution in [0.3, 0.4) is 0 Å². The van der Waals surface area contributed by atoms with Crippen molar-refractivity contribution in [3.8, 4) is 0 Å². The van der Waals surface area contributed by atoms with E-state index < -0.39 is 10.0 Å². The smallest absolute Gasteiger partial charge is 0.229 e. The van der Waals surface area contributed by atoms with Crippen LogP contribution in [0, 0.1) is 0 Å². The summed E-state index contributed by atoms with van der Waals surface area (Å²) in [6.07, 6.45) is 2.90. The zero-order valence-corrected chi connectivity index (χ0v) is 19.3. The lowest BCUT2D eigenvalue weighted by atomic mass is 10.0. The van der Waals surface area contributed by atoms with Gasteiger partial charge in [-0.25, -0.2) is 8.42 Å². The van der Waals surface area contributed by atoms with Gasteiger partial charge in [-0.3, -0.25) is 9.71 Å². The van der Waals surface area contributed by atoms with E-state index in [1.54, 1.807) is 29.7 Å². The Kier molecular flexibility index (Phi) is 5.60. The first-order chi connectivity index (χ1) is 13.8. The molecule has 0 bridgehead atoms. The average Bonchev–Trinajstić information content (AvgIpc) is 3.25. The Morgan fingerprint density at radius 3 is 2.59 bits per heavy atom. The van der Waals surface area contributed by atoms with Crippen molar-refractivity contribution in [3.05, 3.63) is 75.2 Å². The van der Waals surface area contributed by atoms with Gasteiger partial charge in [0.25, 0.3) is 0 Å². The predicted molar refractivity (Wildman–Crippen MR) is 125 cm³/mol. The van der Waals surface area contributed by atoms with Crippen molar-refractivity contribution in [1.82, 2.24) is 10.3 Å². The van der Waals surface area contributed by atoms with Crippen molar-refractivity contribution in [1.29, 1.82) is 0 Å². The molecule has 0 radical (unpaired) electrons. The van der Waals surface area contributed by atoms with Crippen LogP contribution < -0.4 is 14.9 Å². The van der Waals surface area contributed by atoms with Crippen LogP contribution in [0.25, 0.3) is 0 Å². The Bertz CT molecular complexity index is 1130. The second-order valence-corrected chi connectivity index (χ2v) is 10.6. The largest absolute Gasteiger partial charge is 0.351 e. The molecule has 2 N–H and O–H groups in total. The van der Waals surface area contributed by atoms with Crippen molar-refractivity contribution in [3.63, 3.8) is 0 Å². The number of pyridine rings is 1. The Hall–Kier alpha value is -2.01. The molecule has 29 heavy (non-hydrogen) atoms. The summed E-state index contributed by atoms with van der Waals surface area (Å²) in [7, 11) is -3.33. The van der Waals surface area contributed by atoms with E-state index in [4.69, 9.17) is 12.2 Å². The van der Waals surface area contributed by atoms with Crippen LogP contribution in [0.1, 0.15) is 22.7 Å². The maximum atomic E-state index is 11.5. The molecule has 1 fully saturated rings. The zero-order valence-electron chi connectivity index (χ0n) is 15.2. The number of nitrogens with one attached hydrogen (secondary N) is 2. The number of halogens is 1. The van der Waals surface area contributed by atoms with Gasteiger partial charge in [-0.2, -0.15) is 0 Å². The second kappa shape index (κ2) is 8.02. The monoisotopic (exact) mass is 508 g/mol. The Morgan fingerprint density at radius 2 is 2.00 bits per heavy atom. The van der Waals surface area contributed by atoms with Crippen molar-refractivity contribution < 1.29 is 8.42 Å². The van der Waals surface area contributed by atoms with Gasteiger partial charge >= 0.3 is 0 Å². The molecule has 6 nitrogen and oxygen atoms in total. The molecule has 3 aromatic rings.